The predicted molar refractivity (Wildman–Crippen MR) is 58.6 cm³/mol. The Bertz CT molecular complexity index is 431. The minimum Gasteiger partial charge on any atom is -0.265 e. The van der Waals surface area contributed by atoms with Gasteiger partial charge in [0.15, 0.2) is 0 Å². The van der Waals surface area contributed by atoms with Crippen molar-refractivity contribution in [3.8, 4) is 0 Å². The molecule has 0 bridgehead atoms. The maximum Gasteiger partial charge on any atom is 0.132 e. The second-order valence-electron chi connectivity index (χ2n) is 3.13. The molecule has 0 radical (unpaired) electrons. The van der Waals surface area contributed by atoms with E-state index >= 15 is 0 Å². The summed E-state index contributed by atoms with van der Waals surface area (Å²) in [5, 5.41) is 0. The van der Waals surface area contributed by atoms with E-state index in [1.54, 1.807) is 18.6 Å². The fourth-order valence-electron chi connectivity index (χ4n) is 1.28. The Morgan fingerprint density at radius 1 is 1.07 bits per heavy atom. The van der Waals surface area contributed by atoms with Crippen molar-refractivity contribution in [1.29, 1.82) is 0 Å². The average Bonchev–Trinajstić information content (AvgIpc) is 2.31. The average molecular weight is 220 g/mol. The number of aromatic nitrogens is 3. The number of rotatable bonds is 3. The zero-order valence-electron chi connectivity index (χ0n) is 8.10. The first-order valence-electron chi connectivity index (χ1n) is 4.64. The van der Waals surface area contributed by atoms with Crippen LogP contribution in [0.25, 0.3) is 0 Å². The van der Waals surface area contributed by atoms with Gasteiger partial charge in [-0.3, -0.25) is 4.98 Å². The van der Waals surface area contributed by atoms with Gasteiger partial charge in [-0.2, -0.15) is 0 Å². The maximum absolute atomic E-state index is 5.70. The SMILES string of the molecule is ClCc1ccnc(Cc2ccncc2)n1. The van der Waals surface area contributed by atoms with Crippen molar-refractivity contribution in [3.63, 3.8) is 0 Å². The Labute approximate surface area is 93.2 Å². The molecule has 76 valence electrons. The normalized spacial score (nSPS) is 10.2. The minimum atomic E-state index is 0.422. The molecule has 0 aliphatic rings. The summed E-state index contributed by atoms with van der Waals surface area (Å²) in [5.74, 6) is 1.21. The second-order valence-corrected chi connectivity index (χ2v) is 3.40. The number of halogens is 1. The van der Waals surface area contributed by atoms with Crippen LogP contribution in [0.4, 0.5) is 0 Å². The van der Waals surface area contributed by atoms with Crippen molar-refractivity contribution in [2.24, 2.45) is 0 Å². The molecule has 2 rings (SSSR count). The summed E-state index contributed by atoms with van der Waals surface area (Å²) in [6.07, 6.45) is 5.98. The summed E-state index contributed by atoms with van der Waals surface area (Å²) in [4.78, 5) is 12.5. The first-order chi connectivity index (χ1) is 7.38. The van der Waals surface area contributed by atoms with Gasteiger partial charge in [0, 0.05) is 25.0 Å². The van der Waals surface area contributed by atoms with Crippen molar-refractivity contribution in [2.75, 3.05) is 0 Å². The van der Waals surface area contributed by atoms with E-state index in [1.807, 2.05) is 18.2 Å². The van der Waals surface area contributed by atoms with Crippen molar-refractivity contribution in [1.82, 2.24) is 15.0 Å². The van der Waals surface area contributed by atoms with Crippen LogP contribution in [0.3, 0.4) is 0 Å². The van der Waals surface area contributed by atoms with Gasteiger partial charge in [0.2, 0.25) is 0 Å². The van der Waals surface area contributed by atoms with Crippen LogP contribution in [0.15, 0.2) is 36.8 Å². The van der Waals surface area contributed by atoms with E-state index in [1.165, 1.54) is 0 Å². The molecular weight excluding hydrogens is 210 g/mol. The summed E-state index contributed by atoms with van der Waals surface area (Å²) >= 11 is 5.70. The van der Waals surface area contributed by atoms with Gasteiger partial charge < -0.3 is 0 Å². The third-order valence-electron chi connectivity index (χ3n) is 2.01. The Balaban J connectivity index is 2.17. The van der Waals surface area contributed by atoms with E-state index < -0.39 is 0 Å². The number of hydrogen-bond acceptors (Lipinski definition) is 3. The molecule has 2 aromatic rings. The molecule has 4 heteroatoms. The quantitative estimate of drug-likeness (QED) is 0.743. The lowest BCUT2D eigenvalue weighted by atomic mass is 10.2. The number of hydrogen-bond donors (Lipinski definition) is 0. The lowest BCUT2D eigenvalue weighted by Crippen LogP contribution is -1.98. The smallest absolute Gasteiger partial charge is 0.132 e. The third-order valence-corrected chi connectivity index (χ3v) is 2.29. The summed E-state index contributed by atoms with van der Waals surface area (Å²) in [5.41, 5.74) is 2.01. The standard InChI is InChI=1S/C11H10ClN3/c12-8-10-3-6-14-11(15-10)7-9-1-4-13-5-2-9/h1-6H,7-8H2. The van der Waals surface area contributed by atoms with Gasteiger partial charge in [-0.1, -0.05) is 0 Å². The zero-order valence-corrected chi connectivity index (χ0v) is 8.85. The van der Waals surface area contributed by atoms with Crippen LogP contribution >= 0.6 is 11.6 Å². The fourth-order valence-corrected chi connectivity index (χ4v) is 1.43. The van der Waals surface area contributed by atoms with E-state index in [9.17, 15) is 0 Å². The molecule has 0 saturated carbocycles. The highest BCUT2D eigenvalue weighted by atomic mass is 35.5. The lowest BCUT2D eigenvalue weighted by Gasteiger charge is -2.01. The van der Waals surface area contributed by atoms with Crippen LogP contribution in [0.5, 0.6) is 0 Å². The molecule has 3 nitrogen and oxygen atoms in total. The van der Waals surface area contributed by atoms with Crippen LogP contribution in [0.2, 0.25) is 0 Å². The molecule has 0 saturated heterocycles. The highest BCUT2D eigenvalue weighted by molar-refractivity contribution is 6.16. The van der Waals surface area contributed by atoms with Gasteiger partial charge in [0.1, 0.15) is 5.82 Å². The van der Waals surface area contributed by atoms with Gasteiger partial charge in [-0.05, 0) is 23.8 Å². The lowest BCUT2D eigenvalue weighted by molar-refractivity contribution is 0.934. The molecule has 0 unspecified atom stereocenters. The van der Waals surface area contributed by atoms with Crippen LogP contribution in [-0.2, 0) is 12.3 Å². The van der Waals surface area contributed by atoms with Crippen LogP contribution in [0.1, 0.15) is 17.1 Å². The van der Waals surface area contributed by atoms with Crippen molar-refractivity contribution >= 4 is 11.6 Å². The van der Waals surface area contributed by atoms with Gasteiger partial charge in [0.25, 0.3) is 0 Å². The zero-order chi connectivity index (χ0) is 10.5. The summed E-state index contributed by atoms with van der Waals surface area (Å²) in [6.45, 7) is 0. The third kappa shape index (κ3) is 2.73. The molecule has 0 spiro atoms. The monoisotopic (exact) mass is 219 g/mol. The molecule has 2 heterocycles. The van der Waals surface area contributed by atoms with Crippen molar-refractivity contribution in [3.05, 3.63) is 53.9 Å². The number of nitrogens with zero attached hydrogens (tertiary/aromatic N) is 3. The Morgan fingerprint density at radius 3 is 2.60 bits per heavy atom. The van der Waals surface area contributed by atoms with Crippen LogP contribution in [0, 0.1) is 0 Å². The first-order valence-corrected chi connectivity index (χ1v) is 5.17. The Kier molecular flexibility index (Phi) is 3.25. The van der Waals surface area contributed by atoms with Gasteiger partial charge >= 0.3 is 0 Å². The molecule has 0 aromatic carbocycles. The molecule has 0 fully saturated rings. The summed E-state index contributed by atoms with van der Waals surface area (Å²) in [7, 11) is 0. The van der Waals surface area contributed by atoms with E-state index in [0.29, 0.717) is 12.3 Å². The molecule has 0 N–H and O–H groups in total. The van der Waals surface area contributed by atoms with Gasteiger partial charge in [-0.15, -0.1) is 11.6 Å². The van der Waals surface area contributed by atoms with E-state index in [4.69, 9.17) is 11.6 Å². The largest absolute Gasteiger partial charge is 0.265 e. The first kappa shape index (κ1) is 10.1. The minimum absolute atomic E-state index is 0.422. The van der Waals surface area contributed by atoms with Crippen LogP contribution < -0.4 is 0 Å². The Morgan fingerprint density at radius 2 is 1.87 bits per heavy atom. The van der Waals surface area contributed by atoms with Gasteiger partial charge in [-0.25, -0.2) is 9.97 Å². The highest BCUT2D eigenvalue weighted by Gasteiger charge is 2.00. The molecule has 15 heavy (non-hydrogen) atoms. The van der Waals surface area contributed by atoms with E-state index in [-0.39, 0.29) is 0 Å². The number of pyridine rings is 1. The van der Waals surface area contributed by atoms with Crippen molar-refractivity contribution < 1.29 is 0 Å². The molecule has 0 atom stereocenters. The fraction of sp³-hybridized carbons (Fsp3) is 0.182. The van der Waals surface area contributed by atoms with Gasteiger partial charge in [0.05, 0.1) is 11.6 Å². The molecule has 0 aliphatic heterocycles. The topological polar surface area (TPSA) is 38.7 Å². The van der Waals surface area contributed by atoms with Crippen molar-refractivity contribution in [2.45, 2.75) is 12.3 Å². The summed E-state index contributed by atoms with van der Waals surface area (Å²) in [6, 6.07) is 5.73. The highest BCUT2D eigenvalue weighted by Crippen LogP contribution is 2.05. The molecule has 0 amide bonds. The van der Waals surface area contributed by atoms with E-state index in [0.717, 1.165) is 17.1 Å². The van der Waals surface area contributed by atoms with E-state index in [2.05, 4.69) is 15.0 Å². The molecule has 2 aromatic heterocycles. The maximum atomic E-state index is 5.70. The molecule has 0 aliphatic carbocycles. The van der Waals surface area contributed by atoms with Crippen LogP contribution in [-0.4, -0.2) is 15.0 Å². The Hall–Kier alpha value is -1.48. The number of alkyl halides is 1. The predicted octanol–water partition coefficient (Wildman–Crippen LogP) is 2.20. The second kappa shape index (κ2) is 4.84. The summed E-state index contributed by atoms with van der Waals surface area (Å²) < 4.78 is 0. The molecular formula is C11H10ClN3.